The molecule has 130 valence electrons. The van der Waals surface area contributed by atoms with E-state index in [9.17, 15) is 4.79 Å². The van der Waals surface area contributed by atoms with Crippen molar-refractivity contribution in [2.45, 2.75) is 5.75 Å². The number of halogens is 1. The lowest BCUT2D eigenvalue weighted by molar-refractivity contribution is 0.0930. The number of carbonyl (C=O) groups excluding carboxylic acids is 1. The second-order valence-corrected chi connectivity index (χ2v) is 6.97. The van der Waals surface area contributed by atoms with Gasteiger partial charge in [0.2, 0.25) is 0 Å². The van der Waals surface area contributed by atoms with Crippen LogP contribution in [0.4, 0.5) is 0 Å². The molecule has 1 aromatic heterocycles. The zero-order chi connectivity index (χ0) is 17.6. The number of thioether (sulfide) groups is 1. The van der Waals surface area contributed by atoms with E-state index in [4.69, 9.17) is 20.8 Å². The second-order valence-electron chi connectivity index (χ2n) is 5.42. The van der Waals surface area contributed by atoms with Gasteiger partial charge >= 0.3 is 0 Å². The Bertz CT molecular complexity index is 861. The Hall–Kier alpha value is -2.11. The van der Waals surface area contributed by atoms with Crippen molar-refractivity contribution < 1.29 is 13.9 Å². The van der Waals surface area contributed by atoms with E-state index in [0.29, 0.717) is 23.6 Å². The molecule has 0 fully saturated rings. The third-order valence-electron chi connectivity index (χ3n) is 3.67. The molecule has 3 rings (SSSR count). The van der Waals surface area contributed by atoms with Crippen molar-refractivity contribution in [3.05, 3.63) is 64.9 Å². The third kappa shape index (κ3) is 4.50. The lowest BCUT2D eigenvalue weighted by atomic mass is 10.2. The van der Waals surface area contributed by atoms with E-state index < -0.39 is 0 Å². The maximum Gasteiger partial charge on any atom is 0.287 e. The van der Waals surface area contributed by atoms with Gasteiger partial charge in [-0.25, -0.2) is 0 Å². The van der Waals surface area contributed by atoms with E-state index in [1.807, 2.05) is 36.4 Å². The summed E-state index contributed by atoms with van der Waals surface area (Å²) in [4.78, 5) is 12.2. The molecule has 0 saturated heterocycles. The normalized spacial score (nSPS) is 10.8. The summed E-state index contributed by atoms with van der Waals surface area (Å²) in [6.45, 7) is 0.575. The maximum atomic E-state index is 12.2. The average molecular weight is 376 g/mol. The van der Waals surface area contributed by atoms with Gasteiger partial charge in [0.05, 0.1) is 7.11 Å². The van der Waals surface area contributed by atoms with Gasteiger partial charge in [-0.05, 0) is 29.8 Å². The lowest BCUT2D eigenvalue weighted by Crippen LogP contribution is -2.25. The van der Waals surface area contributed by atoms with Crippen LogP contribution < -0.4 is 10.1 Å². The standard InChI is InChI=1S/C19H18ClNO3S/c1-23-16-4-2-3-14-11-17(24-18(14)16)19(22)21-9-10-25-12-13-5-7-15(20)8-6-13/h2-8,11H,9-10,12H2,1H3,(H,21,22). The molecule has 1 amide bonds. The van der Waals surface area contributed by atoms with Crippen LogP contribution in [-0.2, 0) is 5.75 Å². The van der Waals surface area contributed by atoms with Crippen molar-refractivity contribution in [1.29, 1.82) is 0 Å². The number of nitrogens with one attached hydrogen (secondary N) is 1. The fourth-order valence-corrected chi connectivity index (χ4v) is 3.35. The fraction of sp³-hybridized carbons (Fsp3) is 0.211. The van der Waals surface area contributed by atoms with E-state index in [1.54, 1.807) is 31.0 Å². The summed E-state index contributed by atoms with van der Waals surface area (Å²) in [5, 5.41) is 4.47. The fourth-order valence-electron chi connectivity index (χ4n) is 2.40. The van der Waals surface area contributed by atoms with Gasteiger partial charge in [0.25, 0.3) is 5.91 Å². The molecule has 0 bridgehead atoms. The highest BCUT2D eigenvalue weighted by atomic mass is 35.5. The largest absolute Gasteiger partial charge is 0.493 e. The van der Waals surface area contributed by atoms with Crippen molar-refractivity contribution in [1.82, 2.24) is 5.32 Å². The molecule has 0 radical (unpaired) electrons. The van der Waals surface area contributed by atoms with E-state index in [1.165, 1.54) is 5.56 Å². The number of amides is 1. The number of hydrogen-bond donors (Lipinski definition) is 1. The maximum absolute atomic E-state index is 12.2. The van der Waals surface area contributed by atoms with Crippen LogP contribution in [0.2, 0.25) is 5.02 Å². The zero-order valence-electron chi connectivity index (χ0n) is 13.8. The zero-order valence-corrected chi connectivity index (χ0v) is 15.3. The van der Waals surface area contributed by atoms with Crippen molar-refractivity contribution in [2.24, 2.45) is 0 Å². The first kappa shape index (κ1) is 17.7. The SMILES string of the molecule is COc1cccc2cc(C(=O)NCCSCc3ccc(Cl)cc3)oc12. The number of para-hydroxylation sites is 1. The highest BCUT2D eigenvalue weighted by Gasteiger charge is 2.14. The monoisotopic (exact) mass is 375 g/mol. The Kier molecular flexibility index (Phi) is 5.89. The summed E-state index contributed by atoms with van der Waals surface area (Å²) in [6, 6.07) is 15.1. The Morgan fingerprint density at radius 1 is 1.24 bits per heavy atom. The van der Waals surface area contributed by atoms with E-state index >= 15 is 0 Å². The topological polar surface area (TPSA) is 51.5 Å². The number of ether oxygens (including phenoxy) is 1. The minimum absolute atomic E-state index is 0.217. The number of fused-ring (bicyclic) bond motifs is 1. The molecular formula is C19H18ClNO3S. The average Bonchev–Trinajstić information content (AvgIpc) is 3.07. The molecule has 2 aromatic carbocycles. The molecule has 0 aliphatic rings. The Labute approximate surface area is 155 Å². The molecular weight excluding hydrogens is 358 g/mol. The molecule has 0 saturated carbocycles. The van der Waals surface area contributed by atoms with Gasteiger partial charge in [0.1, 0.15) is 0 Å². The van der Waals surface area contributed by atoms with Crippen LogP contribution in [0.1, 0.15) is 16.1 Å². The van der Waals surface area contributed by atoms with Crippen LogP contribution in [0.25, 0.3) is 11.0 Å². The molecule has 0 atom stereocenters. The Balaban J connectivity index is 1.48. The number of methoxy groups -OCH3 is 1. The molecule has 0 unspecified atom stereocenters. The third-order valence-corrected chi connectivity index (χ3v) is 4.95. The quantitative estimate of drug-likeness (QED) is 0.605. The summed E-state index contributed by atoms with van der Waals surface area (Å²) in [5.74, 6) is 2.40. The van der Waals surface area contributed by atoms with E-state index in [2.05, 4.69) is 5.32 Å². The van der Waals surface area contributed by atoms with Crippen LogP contribution in [0.3, 0.4) is 0 Å². The molecule has 4 nitrogen and oxygen atoms in total. The van der Waals surface area contributed by atoms with Gasteiger partial charge in [-0.15, -0.1) is 0 Å². The number of carbonyl (C=O) groups is 1. The molecule has 1 heterocycles. The molecule has 0 aliphatic heterocycles. The highest BCUT2D eigenvalue weighted by Crippen LogP contribution is 2.28. The first-order chi connectivity index (χ1) is 12.2. The second kappa shape index (κ2) is 8.32. The van der Waals surface area contributed by atoms with Gasteiger partial charge in [-0.3, -0.25) is 4.79 Å². The summed E-state index contributed by atoms with van der Waals surface area (Å²) < 4.78 is 10.9. The first-order valence-corrected chi connectivity index (χ1v) is 9.37. The molecule has 25 heavy (non-hydrogen) atoms. The molecule has 6 heteroatoms. The number of hydrogen-bond acceptors (Lipinski definition) is 4. The van der Waals surface area contributed by atoms with Crippen LogP contribution in [-0.4, -0.2) is 25.3 Å². The van der Waals surface area contributed by atoms with E-state index in [-0.39, 0.29) is 5.91 Å². The van der Waals surface area contributed by atoms with E-state index in [0.717, 1.165) is 21.9 Å². The van der Waals surface area contributed by atoms with Gasteiger partial charge in [-0.2, -0.15) is 11.8 Å². The van der Waals surface area contributed by atoms with Crippen LogP contribution >= 0.6 is 23.4 Å². The number of furan rings is 1. The Morgan fingerprint density at radius 2 is 2.04 bits per heavy atom. The van der Waals surface area contributed by atoms with Crippen molar-refractivity contribution in [2.75, 3.05) is 19.4 Å². The lowest BCUT2D eigenvalue weighted by Gasteiger charge is -2.04. The van der Waals surface area contributed by atoms with Gasteiger partial charge in [-0.1, -0.05) is 35.9 Å². The van der Waals surface area contributed by atoms with Crippen LogP contribution in [0.15, 0.2) is 52.9 Å². The van der Waals surface area contributed by atoms with Crippen molar-refractivity contribution in [3.63, 3.8) is 0 Å². The van der Waals surface area contributed by atoms with Crippen LogP contribution in [0.5, 0.6) is 5.75 Å². The first-order valence-electron chi connectivity index (χ1n) is 7.84. The highest BCUT2D eigenvalue weighted by molar-refractivity contribution is 7.98. The summed E-state index contributed by atoms with van der Waals surface area (Å²) in [5.41, 5.74) is 1.80. The number of rotatable bonds is 7. The summed E-state index contributed by atoms with van der Waals surface area (Å²) in [6.07, 6.45) is 0. The summed E-state index contributed by atoms with van der Waals surface area (Å²) in [7, 11) is 1.58. The predicted octanol–water partition coefficient (Wildman–Crippen LogP) is 4.76. The van der Waals surface area contributed by atoms with Gasteiger partial charge in [0, 0.05) is 28.5 Å². The molecule has 0 spiro atoms. The van der Waals surface area contributed by atoms with Crippen LogP contribution in [0, 0.1) is 0 Å². The van der Waals surface area contributed by atoms with Crippen molar-refractivity contribution in [3.8, 4) is 5.75 Å². The van der Waals surface area contributed by atoms with Gasteiger partial charge < -0.3 is 14.5 Å². The molecule has 3 aromatic rings. The Morgan fingerprint density at radius 3 is 2.80 bits per heavy atom. The predicted molar refractivity (Wildman–Crippen MR) is 103 cm³/mol. The minimum atomic E-state index is -0.217. The number of benzene rings is 2. The smallest absolute Gasteiger partial charge is 0.287 e. The van der Waals surface area contributed by atoms with Crippen molar-refractivity contribution >= 4 is 40.2 Å². The minimum Gasteiger partial charge on any atom is -0.493 e. The molecule has 0 aliphatic carbocycles. The summed E-state index contributed by atoms with van der Waals surface area (Å²) >= 11 is 7.62. The van der Waals surface area contributed by atoms with Gasteiger partial charge in [0.15, 0.2) is 17.1 Å². The molecule has 1 N–H and O–H groups in total.